The van der Waals surface area contributed by atoms with E-state index in [1.165, 1.54) is 22.9 Å². The number of carbonyl (C=O) groups excluding carboxylic acids is 1. The number of benzene rings is 1. The number of fused-ring (bicyclic) bond motifs is 1. The average molecular weight is 347 g/mol. The number of rotatable bonds is 5. The molecule has 24 heavy (non-hydrogen) atoms. The van der Waals surface area contributed by atoms with E-state index >= 15 is 0 Å². The molecule has 6 nitrogen and oxygen atoms in total. The van der Waals surface area contributed by atoms with Crippen LogP contribution in [0.25, 0.3) is 0 Å². The van der Waals surface area contributed by atoms with Crippen molar-refractivity contribution in [2.75, 3.05) is 31.9 Å². The first-order valence-electron chi connectivity index (χ1n) is 8.08. The third-order valence-electron chi connectivity index (χ3n) is 5.19. The molecule has 1 aliphatic carbocycles. The lowest BCUT2D eigenvalue weighted by atomic mass is 10.0. The van der Waals surface area contributed by atoms with E-state index in [4.69, 9.17) is 5.73 Å². The van der Waals surface area contributed by atoms with E-state index in [-0.39, 0.29) is 17.6 Å². The van der Waals surface area contributed by atoms with Crippen molar-refractivity contribution in [3.05, 3.63) is 39.9 Å². The number of allylic oxidation sites excluding steroid dienone is 1. The topological polar surface area (TPSA) is 82.4 Å². The van der Waals surface area contributed by atoms with Crippen molar-refractivity contribution in [1.29, 1.82) is 0 Å². The van der Waals surface area contributed by atoms with Crippen LogP contribution >= 0.6 is 11.8 Å². The Labute approximate surface area is 147 Å². The summed E-state index contributed by atoms with van der Waals surface area (Å²) in [5.74, 6) is 0.362. The van der Waals surface area contributed by atoms with Crippen LogP contribution in [0.3, 0.4) is 0 Å². The van der Waals surface area contributed by atoms with E-state index in [0.29, 0.717) is 10.8 Å². The lowest BCUT2D eigenvalue weighted by Gasteiger charge is -2.30. The Balaban J connectivity index is 2.13. The van der Waals surface area contributed by atoms with Gasteiger partial charge in [0.05, 0.1) is 16.4 Å². The summed E-state index contributed by atoms with van der Waals surface area (Å²) in [5.41, 5.74) is 9.84. The zero-order valence-corrected chi connectivity index (χ0v) is 15.4. The van der Waals surface area contributed by atoms with Gasteiger partial charge in [-0.1, -0.05) is 23.9 Å². The molecule has 0 saturated carbocycles. The molecule has 1 amide bonds. The maximum atomic E-state index is 11.6. The molecule has 2 aliphatic rings. The van der Waals surface area contributed by atoms with Gasteiger partial charge in [-0.15, -0.1) is 0 Å². The van der Waals surface area contributed by atoms with Crippen LogP contribution in [-0.2, 0) is 10.5 Å². The van der Waals surface area contributed by atoms with Crippen molar-refractivity contribution in [3.63, 3.8) is 0 Å². The molecule has 0 fully saturated rings. The van der Waals surface area contributed by atoms with Gasteiger partial charge in [0.15, 0.2) is 0 Å². The van der Waals surface area contributed by atoms with Crippen molar-refractivity contribution in [2.45, 2.75) is 25.0 Å². The number of primary amides is 1. The first-order valence-corrected chi connectivity index (χ1v) is 9.07. The minimum absolute atomic E-state index is 0.228. The van der Waals surface area contributed by atoms with Crippen LogP contribution in [0.1, 0.15) is 30.5 Å². The molecule has 5 N–H and O–H groups in total. The summed E-state index contributed by atoms with van der Waals surface area (Å²) < 4.78 is 0. The first-order chi connectivity index (χ1) is 11.5. The number of nitrogens with two attached hydrogens (primary N) is 1. The Kier molecular flexibility index (Phi) is 4.61. The van der Waals surface area contributed by atoms with Gasteiger partial charge in [-0.25, -0.2) is 0 Å². The van der Waals surface area contributed by atoms with Gasteiger partial charge in [0.2, 0.25) is 0 Å². The second-order valence-corrected chi connectivity index (χ2v) is 7.12. The molecule has 1 unspecified atom stereocenters. The summed E-state index contributed by atoms with van der Waals surface area (Å²) in [6.45, 7) is 1.96. The highest BCUT2D eigenvalue weighted by molar-refractivity contribution is 8.04. The van der Waals surface area contributed by atoms with Crippen molar-refractivity contribution in [3.8, 4) is 0 Å². The third-order valence-corrected chi connectivity index (χ3v) is 6.36. The largest absolute Gasteiger partial charge is 0.365 e. The van der Waals surface area contributed by atoms with Crippen molar-refractivity contribution in [1.82, 2.24) is 16.0 Å². The smallest absolute Gasteiger partial charge is 0.256 e. The molecule has 1 aromatic rings. The van der Waals surface area contributed by atoms with Gasteiger partial charge in [-0.2, -0.15) is 0 Å². The summed E-state index contributed by atoms with van der Waals surface area (Å²) in [4.78, 5) is 14.5. The van der Waals surface area contributed by atoms with Crippen LogP contribution in [0.4, 0.5) is 5.69 Å². The number of nitrogens with one attached hydrogen (secondary N) is 3. The second kappa shape index (κ2) is 6.40. The second-order valence-electron chi connectivity index (χ2n) is 6.17. The normalized spacial score (nSPS) is 22.2. The van der Waals surface area contributed by atoms with Gasteiger partial charge >= 0.3 is 0 Å². The summed E-state index contributed by atoms with van der Waals surface area (Å²) in [7, 11) is 5.95. The van der Waals surface area contributed by atoms with Crippen LogP contribution < -0.4 is 26.6 Å². The van der Waals surface area contributed by atoms with Crippen molar-refractivity contribution in [2.24, 2.45) is 5.73 Å². The number of hydrogen-bond acceptors (Lipinski definition) is 6. The highest BCUT2D eigenvalue weighted by Gasteiger charge is 2.43. The summed E-state index contributed by atoms with van der Waals surface area (Å²) in [6, 6.07) is 6.60. The fourth-order valence-electron chi connectivity index (χ4n) is 3.84. The predicted octanol–water partition coefficient (Wildman–Crippen LogP) is 1.17. The number of hydrogen-bond donors (Lipinski definition) is 4. The predicted molar refractivity (Wildman–Crippen MR) is 99.5 cm³/mol. The van der Waals surface area contributed by atoms with Gasteiger partial charge in [0.25, 0.3) is 5.91 Å². The molecule has 1 aliphatic heterocycles. The molecule has 0 radical (unpaired) electrons. The molecule has 0 bridgehead atoms. The van der Waals surface area contributed by atoms with E-state index < -0.39 is 0 Å². The summed E-state index contributed by atoms with van der Waals surface area (Å²) >= 11 is 1.51. The Morgan fingerprint density at radius 1 is 1.33 bits per heavy atom. The van der Waals surface area contributed by atoms with E-state index in [0.717, 1.165) is 17.8 Å². The molecule has 0 aromatic heterocycles. The SMILES string of the molecule is CNC1CC(NC)(NC)c2cccc(N3CSC(C(N)=O)=C3C)c21. The summed E-state index contributed by atoms with van der Waals surface area (Å²) in [6.07, 6.45) is 0.912. The van der Waals surface area contributed by atoms with Gasteiger partial charge in [-0.05, 0) is 45.3 Å². The Morgan fingerprint density at radius 3 is 2.58 bits per heavy atom. The van der Waals surface area contributed by atoms with Crippen LogP contribution in [-0.4, -0.2) is 32.9 Å². The maximum absolute atomic E-state index is 11.6. The number of thioether (sulfide) groups is 1. The Bertz CT molecular complexity index is 698. The van der Waals surface area contributed by atoms with E-state index in [1.54, 1.807) is 0 Å². The molecule has 0 saturated heterocycles. The van der Waals surface area contributed by atoms with E-state index in [1.807, 2.05) is 28.1 Å². The van der Waals surface area contributed by atoms with Gasteiger partial charge in [0, 0.05) is 23.8 Å². The molecule has 7 heteroatoms. The molecular formula is C17H25N5OS. The molecule has 130 valence electrons. The number of amides is 1. The van der Waals surface area contributed by atoms with Crippen LogP contribution in [0.2, 0.25) is 0 Å². The van der Waals surface area contributed by atoms with Crippen LogP contribution in [0.15, 0.2) is 28.8 Å². The monoisotopic (exact) mass is 347 g/mol. The number of nitrogens with zero attached hydrogens (tertiary/aromatic N) is 1. The molecule has 1 aromatic carbocycles. The molecule has 1 atom stereocenters. The quantitative estimate of drug-likeness (QED) is 0.599. The van der Waals surface area contributed by atoms with Crippen molar-refractivity contribution >= 4 is 23.4 Å². The summed E-state index contributed by atoms with van der Waals surface area (Å²) in [5, 5.41) is 10.3. The fraction of sp³-hybridized carbons (Fsp3) is 0.471. The number of carbonyl (C=O) groups is 1. The molecular weight excluding hydrogens is 322 g/mol. The zero-order valence-electron chi connectivity index (χ0n) is 14.6. The number of anilines is 1. The third kappa shape index (κ3) is 2.43. The minimum Gasteiger partial charge on any atom is -0.365 e. The Morgan fingerprint density at radius 2 is 2.04 bits per heavy atom. The van der Waals surface area contributed by atoms with Gasteiger partial charge in [-0.3, -0.25) is 15.4 Å². The molecule has 3 rings (SSSR count). The highest BCUT2D eigenvalue weighted by atomic mass is 32.2. The van der Waals surface area contributed by atoms with E-state index in [2.05, 4.69) is 39.0 Å². The average Bonchev–Trinajstić information content (AvgIpc) is 3.13. The zero-order chi connectivity index (χ0) is 17.5. The lowest BCUT2D eigenvalue weighted by Crippen LogP contribution is -2.49. The van der Waals surface area contributed by atoms with Gasteiger partial charge < -0.3 is 16.0 Å². The molecule has 1 heterocycles. The van der Waals surface area contributed by atoms with Crippen LogP contribution in [0, 0.1) is 0 Å². The van der Waals surface area contributed by atoms with E-state index in [9.17, 15) is 4.79 Å². The first kappa shape index (κ1) is 17.3. The maximum Gasteiger partial charge on any atom is 0.256 e. The molecule has 0 spiro atoms. The Hall–Kier alpha value is -1.54. The van der Waals surface area contributed by atoms with Gasteiger partial charge in [0.1, 0.15) is 0 Å². The van der Waals surface area contributed by atoms with Crippen LogP contribution in [0.5, 0.6) is 0 Å². The lowest BCUT2D eigenvalue weighted by molar-refractivity contribution is -0.113. The fourth-order valence-corrected chi connectivity index (χ4v) is 4.89. The highest BCUT2D eigenvalue weighted by Crippen LogP contribution is 2.48. The van der Waals surface area contributed by atoms with Crippen molar-refractivity contribution < 1.29 is 4.79 Å². The minimum atomic E-state index is -0.350. The standard InChI is InChI=1S/C17H25N5OS/c1-10-15(16(18)23)24-9-22(10)13-7-5-6-11-14(13)12(19-2)8-17(11,20-3)21-4/h5-7,12,19-21H,8-9H2,1-4H3,(H2,18,23).